The number of hydrogen-bond acceptors (Lipinski definition) is 3. The van der Waals surface area contributed by atoms with Gasteiger partial charge in [-0.15, -0.1) is 11.3 Å². The maximum atomic E-state index is 14.0. The lowest BCUT2D eigenvalue weighted by Crippen LogP contribution is -2.40. The van der Waals surface area contributed by atoms with Crippen LogP contribution in [0.3, 0.4) is 0 Å². The fourth-order valence-corrected chi connectivity index (χ4v) is 3.52. The molecular weight excluding hydrogens is 283 g/mol. The first-order chi connectivity index (χ1) is 10.2. The van der Waals surface area contributed by atoms with Crippen molar-refractivity contribution in [2.45, 2.75) is 25.4 Å². The molecule has 0 amide bonds. The van der Waals surface area contributed by atoms with E-state index in [1.54, 1.807) is 17.4 Å². The van der Waals surface area contributed by atoms with Gasteiger partial charge in [0.05, 0.1) is 0 Å². The van der Waals surface area contributed by atoms with Gasteiger partial charge in [-0.05, 0) is 62.1 Å². The first-order valence-corrected chi connectivity index (χ1v) is 8.34. The Kier molecular flexibility index (Phi) is 4.68. The lowest BCUT2D eigenvalue weighted by Gasteiger charge is -2.29. The first-order valence-electron chi connectivity index (χ1n) is 7.46. The maximum Gasteiger partial charge on any atom is 0.131 e. The average molecular weight is 304 g/mol. The SMILES string of the molecule is CN1CCC(NCc2ccc(F)c(-c3cccs3)c2)CC1. The van der Waals surface area contributed by atoms with E-state index in [9.17, 15) is 4.39 Å². The lowest BCUT2D eigenvalue weighted by atomic mass is 10.0. The zero-order chi connectivity index (χ0) is 14.7. The van der Waals surface area contributed by atoms with Crippen LogP contribution in [-0.2, 0) is 6.54 Å². The van der Waals surface area contributed by atoms with Crippen molar-refractivity contribution < 1.29 is 4.39 Å². The highest BCUT2D eigenvalue weighted by atomic mass is 32.1. The third-order valence-electron chi connectivity index (χ3n) is 4.13. The minimum absolute atomic E-state index is 0.138. The number of nitrogens with one attached hydrogen (secondary N) is 1. The van der Waals surface area contributed by atoms with Crippen LogP contribution in [0, 0.1) is 5.82 Å². The molecule has 2 heterocycles. The van der Waals surface area contributed by atoms with Crippen LogP contribution >= 0.6 is 11.3 Å². The molecule has 1 aromatic heterocycles. The number of benzene rings is 1. The summed E-state index contributed by atoms with van der Waals surface area (Å²) in [6.07, 6.45) is 2.38. The molecule has 0 bridgehead atoms. The molecule has 2 aromatic rings. The Balaban J connectivity index is 1.65. The van der Waals surface area contributed by atoms with Crippen molar-refractivity contribution in [2.24, 2.45) is 0 Å². The predicted octanol–water partition coefficient (Wildman–Crippen LogP) is 3.74. The van der Waals surface area contributed by atoms with E-state index in [1.807, 2.05) is 29.6 Å². The molecule has 0 spiro atoms. The van der Waals surface area contributed by atoms with Crippen LogP contribution in [0.5, 0.6) is 0 Å². The van der Waals surface area contributed by atoms with Crippen LogP contribution in [0.2, 0.25) is 0 Å². The summed E-state index contributed by atoms with van der Waals surface area (Å²) >= 11 is 1.58. The Morgan fingerprint density at radius 2 is 2.10 bits per heavy atom. The number of halogens is 1. The molecule has 0 saturated carbocycles. The van der Waals surface area contributed by atoms with Crippen molar-refractivity contribution in [1.29, 1.82) is 0 Å². The number of rotatable bonds is 4. The van der Waals surface area contributed by atoms with Crippen molar-refractivity contribution >= 4 is 11.3 Å². The molecule has 1 aromatic carbocycles. The fraction of sp³-hybridized carbons (Fsp3) is 0.412. The normalized spacial score (nSPS) is 17.2. The summed E-state index contributed by atoms with van der Waals surface area (Å²) in [7, 11) is 2.17. The summed E-state index contributed by atoms with van der Waals surface area (Å²) < 4.78 is 14.0. The second kappa shape index (κ2) is 6.69. The van der Waals surface area contributed by atoms with Crippen LogP contribution in [0.1, 0.15) is 18.4 Å². The van der Waals surface area contributed by atoms with Gasteiger partial charge in [-0.2, -0.15) is 0 Å². The summed E-state index contributed by atoms with van der Waals surface area (Å²) in [5.41, 5.74) is 1.87. The minimum Gasteiger partial charge on any atom is -0.310 e. The van der Waals surface area contributed by atoms with Gasteiger partial charge in [0.1, 0.15) is 5.82 Å². The Labute approximate surface area is 129 Å². The van der Waals surface area contributed by atoms with E-state index in [1.165, 1.54) is 12.8 Å². The highest BCUT2D eigenvalue weighted by Crippen LogP contribution is 2.28. The van der Waals surface area contributed by atoms with Crippen molar-refractivity contribution in [2.75, 3.05) is 20.1 Å². The molecule has 4 heteroatoms. The fourth-order valence-electron chi connectivity index (χ4n) is 2.78. The molecular formula is C17H21FN2S. The minimum atomic E-state index is -0.138. The highest BCUT2D eigenvalue weighted by molar-refractivity contribution is 7.13. The van der Waals surface area contributed by atoms with Crippen LogP contribution in [0.25, 0.3) is 10.4 Å². The van der Waals surface area contributed by atoms with Gasteiger partial charge in [0.15, 0.2) is 0 Å². The molecule has 1 N–H and O–H groups in total. The second-order valence-corrected chi connectivity index (χ2v) is 6.70. The quantitative estimate of drug-likeness (QED) is 0.925. The van der Waals surface area contributed by atoms with Gasteiger partial charge >= 0.3 is 0 Å². The van der Waals surface area contributed by atoms with Crippen molar-refractivity contribution in [3.63, 3.8) is 0 Å². The summed E-state index contributed by atoms with van der Waals surface area (Å²) in [6, 6.07) is 9.95. The average Bonchev–Trinajstić information content (AvgIpc) is 3.02. The van der Waals surface area contributed by atoms with E-state index in [4.69, 9.17) is 0 Å². The van der Waals surface area contributed by atoms with Gasteiger partial charge in [0.2, 0.25) is 0 Å². The van der Waals surface area contributed by atoms with Crippen LogP contribution in [0.4, 0.5) is 4.39 Å². The summed E-state index contributed by atoms with van der Waals surface area (Å²) in [5.74, 6) is -0.138. The van der Waals surface area contributed by atoms with Crippen molar-refractivity contribution in [1.82, 2.24) is 10.2 Å². The van der Waals surface area contributed by atoms with Crippen LogP contribution < -0.4 is 5.32 Å². The maximum absolute atomic E-state index is 14.0. The Morgan fingerprint density at radius 1 is 1.29 bits per heavy atom. The first kappa shape index (κ1) is 14.7. The number of likely N-dealkylation sites (tertiary alicyclic amines) is 1. The Hall–Kier alpha value is -1.23. The number of nitrogens with zero attached hydrogens (tertiary/aromatic N) is 1. The molecule has 2 nitrogen and oxygen atoms in total. The Morgan fingerprint density at radius 3 is 2.81 bits per heavy atom. The van der Waals surface area contributed by atoms with E-state index in [0.717, 1.165) is 30.1 Å². The molecule has 112 valence electrons. The van der Waals surface area contributed by atoms with Crippen molar-refractivity contribution in [3.8, 4) is 10.4 Å². The van der Waals surface area contributed by atoms with E-state index < -0.39 is 0 Å². The summed E-state index contributed by atoms with van der Waals surface area (Å²) in [4.78, 5) is 3.36. The largest absolute Gasteiger partial charge is 0.310 e. The second-order valence-electron chi connectivity index (χ2n) is 5.75. The summed E-state index contributed by atoms with van der Waals surface area (Å²) in [5, 5.41) is 5.59. The molecule has 1 saturated heterocycles. The molecule has 0 unspecified atom stereocenters. The molecule has 0 radical (unpaired) electrons. The van der Waals surface area contributed by atoms with Gasteiger partial charge in [0.25, 0.3) is 0 Å². The third kappa shape index (κ3) is 3.70. The Bertz CT molecular complexity index is 574. The predicted molar refractivity (Wildman–Crippen MR) is 87.1 cm³/mol. The van der Waals surface area contributed by atoms with E-state index in [0.29, 0.717) is 11.6 Å². The molecule has 1 fully saturated rings. The van der Waals surface area contributed by atoms with Gasteiger partial charge in [-0.1, -0.05) is 12.1 Å². The van der Waals surface area contributed by atoms with Gasteiger partial charge < -0.3 is 10.2 Å². The standard InChI is InChI=1S/C17H21FN2S/c1-20-8-6-14(7-9-20)19-12-13-4-5-16(18)15(11-13)17-3-2-10-21-17/h2-5,10-11,14,19H,6-9,12H2,1H3. The van der Waals surface area contributed by atoms with Gasteiger partial charge in [0, 0.05) is 23.0 Å². The molecule has 3 rings (SSSR count). The zero-order valence-corrected chi connectivity index (χ0v) is 13.1. The highest BCUT2D eigenvalue weighted by Gasteiger charge is 2.16. The molecule has 21 heavy (non-hydrogen) atoms. The van der Waals surface area contributed by atoms with Gasteiger partial charge in [-0.3, -0.25) is 0 Å². The van der Waals surface area contributed by atoms with E-state index >= 15 is 0 Å². The number of piperidine rings is 1. The van der Waals surface area contributed by atoms with Crippen LogP contribution in [0.15, 0.2) is 35.7 Å². The number of hydrogen-bond donors (Lipinski definition) is 1. The number of thiophene rings is 1. The third-order valence-corrected chi connectivity index (χ3v) is 5.03. The van der Waals surface area contributed by atoms with Crippen LogP contribution in [-0.4, -0.2) is 31.1 Å². The summed E-state index contributed by atoms with van der Waals surface area (Å²) in [6.45, 7) is 3.12. The topological polar surface area (TPSA) is 15.3 Å². The van der Waals surface area contributed by atoms with E-state index in [-0.39, 0.29) is 5.82 Å². The molecule has 1 aliphatic heterocycles. The van der Waals surface area contributed by atoms with Gasteiger partial charge in [-0.25, -0.2) is 4.39 Å². The smallest absolute Gasteiger partial charge is 0.131 e. The molecule has 1 aliphatic rings. The van der Waals surface area contributed by atoms with Crippen molar-refractivity contribution in [3.05, 3.63) is 47.1 Å². The molecule has 0 aliphatic carbocycles. The zero-order valence-electron chi connectivity index (χ0n) is 12.3. The monoisotopic (exact) mass is 304 g/mol. The van der Waals surface area contributed by atoms with E-state index in [2.05, 4.69) is 17.3 Å². The molecule has 0 atom stereocenters. The lowest BCUT2D eigenvalue weighted by molar-refractivity contribution is 0.234.